The van der Waals surface area contributed by atoms with Crippen molar-refractivity contribution in [3.63, 3.8) is 0 Å². The molecular formula is C18H21BrO2. The number of benzene rings is 1. The number of fused-ring (bicyclic) bond motifs is 1. The van der Waals surface area contributed by atoms with E-state index in [1.54, 1.807) is 0 Å². The highest BCUT2D eigenvalue weighted by molar-refractivity contribution is 9.09. The van der Waals surface area contributed by atoms with Crippen LogP contribution in [0.25, 0.3) is 0 Å². The molecule has 0 saturated carbocycles. The second kappa shape index (κ2) is 4.91. The van der Waals surface area contributed by atoms with E-state index in [0.29, 0.717) is 0 Å². The highest BCUT2D eigenvalue weighted by Gasteiger charge is 2.31. The van der Waals surface area contributed by atoms with E-state index in [1.165, 1.54) is 22.3 Å². The summed E-state index contributed by atoms with van der Waals surface area (Å²) >= 11 is 3.85. The van der Waals surface area contributed by atoms with Crippen LogP contribution in [0.1, 0.15) is 52.4 Å². The minimum Gasteiger partial charge on any atom is -0.487 e. The minimum atomic E-state index is -0.0964. The summed E-state index contributed by atoms with van der Waals surface area (Å²) in [5, 5.41) is 0. The third-order valence-electron chi connectivity index (χ3n) is 4.25. The Morgan fingerprint density at radius 3 is 2.48 bits per heavy atom. The molecule has 1 unspecified atom stereocenters. The lowest BCUT2D eigenvalue weighted by molar-refractivity contribution is 0.138. The predicted octanol–water partition coefficient (Wildman–Crippen LogP) is 5.40. The molecule has 2 heterocycles. The minimum absolute atomic E-state index is 0.0964. The van der Waals surface area contributed by atoms with Crippen molar-refractivity contribution in [2.24, 2.45) is 0 Å². The van der Waals surface area contributed by atoms with Gasteiger partial charge < -0.3 is 9.15 Å². The zero-order valence-corrected chi connectivity index (χ0v) is 14.8. The highest BCUT2D eigenvalue weighted by Crippen LogP contribution is 2.41. The Kier molecular flexibility index (Phi) is 3.44. The molecule has 1 aromatic heterocycles. The van der Waals surface area contributed by atoms with E-state index >= 15 is 0 Å². The Morgan fingerprint density at radius 1 is 1.14 bits per heavy atom. The summed E-state index contributed by atoms with van der Waals surface area (Å²) in [6, 6.07) is 6.48. The van der Waals surface area contributed by atoms with Crippen LogP contribution < -0.4 is 4.74 Å². The third kappa shape index (κ3) is 2.52. The van der Waals surface area contributed by atoms with Gasteiger partial charge in [0.2, 0.25) is 0 Å². The van der Waals surface area contributed by atoms with Crippen molar-refractivity contribution in [1.82, 2.24) is 0 Å². The summed E-state index contributed by atoms with van der Waals surface area (Å²) in [4.78, 5) is 0.156. The van der Waals surface area contributed by atoms with Gasteiger partial charge in [0.05, 0.1) is 4.83 Å². The van der Waals surface area contributed by atoms with Crippen molar-refractivity contribution < 1.29 is 9.15 Å². The number of alkyl halides is 1. The van der Waals surface area contributed by atoms with Gasteiger partial charge in [0.15, 0.2) is 0 Å². The molecule has 0 N–H and O–H groups in total. The zero-order chi connectivity index (χ0) is 15.4. The van der Waals surface area contributed by atoms with Gasteiger partial charge in [-0.15, -0.1) is 0 Å². The molecule has 0 radical (unpaired) electrons. The number of furan rings is 1. The van der Waals surface area contributed by atoms with Gasteiger partial charge in [-0.2, -0.15) is 0 Å². The van der Waals surface area contributed by atoms with E-state index < -0.39 is 0 Å². The quantitative estimate of drug-likeness (QED) is 0.677. The van der Waals surface area contributed by atoms with Crippen LogP contribution in [0.5, 0.6) is 5.75 Å². The van der Waals surface area contributed by atoms with Crippen LogP contribution in [0.4, 0.5) is 0 Å². The number of aryl methyl sites for hydroxylation is 2. The molecular weight excluding hydrogens is 328 g/mol. The molecule has 3 rings (SSSR count). The number of ether oxygens (including phenoxy) is 1. The summed E-state index contributed by atoms with van der Waals surface area (Å²) in [7, 11) is 0. The largest absolute Gasteiger partial charge is 0.487 e. The topological polar surface area (TPSA) is 22.4 Å². The van der Waals surface area contributed by atoms with Crippen LogP contribution in [0, 0.1) is 20.8 Å². The molecule has 0 saturated heterocycles. The van der Waals surface area contributed by atoms with Gasteiger partial charge in [-0.1, -0.05) is 28.1 Å². The van der Waals surface area contributed by atoms with Crippen LogP contribution in [0.3, 0.4) is 0 Å². The van der Waals surface area contributed by atoms with Gasteiger partial charge in [0.25, 0.3) is 0 Å². The number of rotatable bonds is 2. The Balaban J connectivity index is 1.99. The Hall–Kier alpha value is -1.22. The molecule has 0 aliphatic carbocycles. The van der Waals surface area contributed by atoms with Gasteiger partial charge in [0, 0.05) is 12.0 Å². The predicted molar refractivity (Wildman–Crippen MR) is 88.5 cm³/mol. The molecule has 3 heteroatoms. The van der Waals surface area contributed by atoms with Crippen LogP contribution in [-0.4, -0.2) is 5.60 Å². The van der Waals surface area contributed by atoms with Crippen molar-refractivity contribution in [1.29, 1.82) is 0 Å². The molecule has 1 aliphatic rings. The van der Waals surface area contributed by atoms with Crippen molar-refractivity contribution in [2.75, 3.05) is 0 Å². The molecule has 2 nitrogen and oxygen atoms in total. The molecule has 0 fully saturated rings. The van der Waals surface area contributed by atoms with Crippen molar-refractivity contribution >= 4 is 15.9 Å². The second-order valence-electron chi connectivity index (χ2n) is 6.52. The Morgan fingerprint density at radius 2 is 1.86 bits per heavy atom. The van der Waals surface area contributed by atoms with Gasteiger partial charge in [0.1, 0.15) is 22.9 Å². The molecule has 0 bridgehead atoms. The van der Waals surface area contributed by atoms with E-state index in [9.17, 15) is 0 Å². The molecule has 112 valence electrons. The average molecular weight is 349 g/mol. The molecule has 21 heavy (non-hydrogen) atoms. The fourth-order valence-electron chi connectivity index (χ4n) is 3.14. The summed E-state index contributed by atoms with van der Waals surface area (Å²) in [5.41, 5.74) is 4.91. The molecule has 2 aromatic rings. The lowest BCUT2D eigenvalue weighted by atomic mass is 9.96. The molecule has 1 aliphatic heterocycles. The lowest BCUT2D eigenvalue weighted by Crippen LogP contribution is -2.24. The standard InChI is InChI=1S/C18H21BrO2/c1-10-11(2)20-12(3)16(10)17(19)13-6-7-15-14(8-13)9-18(4,5)21-15/h6-8,17H,9H2,1-5H3. The number of halogens is 1. The first-order chi connectivity index (χ1) is 9.78. The first kappa shape index (κ1) is 14.7. The average Bonchev–Trinajstić information content (AvgIpc) is 2.83. The van der Waals surface area contributed by atoms with Gasteiger partial charge in [-0.05, 0) is 57.4 Å². The number of hydrogen-bond donors (Lipinski definition) is 0. The van der Waals surface area contributed by atoms with E-state index in [-0.39, 0.29) is 10.4 Å². The van der Waals surface area contributed by atoms with Crippen molar-refractivity contribution in [3.05, 3.63) is 52.0 Å². The van der Waals surface area contributed by atoms with Crippen LogP contribution >= 0.6 is 15.9 Å². The SMILES string of the molecule is Cc1oc(C)c(C(Br)c2ccc3c(c2)CC(C)(C)O3)c1C. The van der Waals surface area contributed by atoms with E-state index in [2.05, 4.69) is 54.9 Å². The normalized spacial score (nSPS) is 17.4. The van der Waals surface area contributed by atoms with E-state index in [1.807, 2.05) is 13.8 Å². The monoisotopic (exact) mass is 348 g/mol. The zero-order valence-electron chi connectivity index (χ0n) is 13.2. The maximum absolute atomic E-state index is 5.95. The summed E-state index contributed by atoms with van der Waals surface area (Å²) in [6.07, 6.45) is 0.957. The Bertz CT molecular complexity index is 697. The fourth-order valence-corrected chi connectivity index (χ4v) is 4.09. The van der Waals surface area contributed by atoms with Crippen molar-refractivity contribution in [2.45, 2.75) is 51.5 Å². The highest BCUT2D eigenvalue weighted by atomic mass is 79.9. The van der Waals surface area contributed by atoms with Crippen LogP contribution in [0.2, 0.25) is 0 Å². The first-order valence-electron chi connectivity index (χ1n) is 7.31. The molecule has 1 aromatic carbocycles. The van der Waals surface area contributed by atoms with Crippen LogP contribution in [0.15, 0.2) is 22.6 Å². The van der Waals surface area contributed by atoms with Crippen molar-refractivity contribution in [3.8, 4) is 5.75 Å². The maximum Gasteiger partial charge on any atom is 0.123 e. The lowest BCUT2D eigenvalue weighted by Gasteiger charge is -2.16. The third-order valence-corrected chi connectivity index (χ3v) is 5.24. The fraction of sp³-hybridized carbons (Fsp3) is 0.444. The van der Waals surface area contributed by atoms with Gasteiger partial charge in [-0.25, -0.2) is 0 Å². The summed E-state index contributed by atoms with van der Waals surface area (Å²) < 4.78 is 11.7. The van der Waals surface area contributed by atoms with Gasteiger partial charge in [-0.3, -0.25) is 0 Å². The smallest absolute Gasteiger partial charge is 0.123 e. The summed E-state index contributed by atoms with van der Waals surface area (Å²) in [5.74, 6) is 3.00. The Labute approximate surface area is 134 Å². The molecule has 0 amide bonds. The van der Waals surface area contributed by atoms with Gasteiger partial charge >= 0.3 is 0 Å². The molecule has 0 spiro atoms. The summed E-state index contributed by atoms with van der Waals surface area (Å²) in [6.45, 7) is 10.4. The maximum atomic E-state index is 5.95. The first-order valence-corrected chi connectivity index (χ1v) is 8.22. The molecule has 1 atom stereocenters. The van der Waals surface area contributed by atoms with E-state index in [4.69, 9.17) is 9.15 Å². The van der Waals surface area contributed by atoms with E-state index in [0.717, 1.165) is 23.7 Å². The van der Waals surface area contributed by atoms with Crippen LogP contribution in [-0.2, 0) is 6.42 Å². The second-order valence-corrected chi connectivity index (χ2v) is 7.44. The number of hydrogen-bond acceptors (Lipinski definition) is 2.